The molecular formula is C28H21N3O6S. The SMILES string of the molecule is COc1cccc(N2C(=O)C(=Cc3ccc(OC)c(CN4C(=O)c5ccccc5C4=O)c3)C(=O)NC2=S)c1. The van der Waals surface area contributed by atoms with Gasteiger partial charge >= 0.3 is 0 Å². The quantitative estimate of drug-likeness (QED) is 0.227. The molecule has 190 valence electrons. The number of nitrogens with one attached hydrogen (secondary N) is 1. The fourth-order valence-corrected chi connectivity index (χ4v) is 4.65. The van der Waals surface area contributed by atoms with Gasteiger partial charge in [-0.05, 0) is 60.3 Å². The molecule has 2 aliphatic heterocycles. The van der Waals surface area contributed by atoms with Crippen LogP contribution < -0.4 is 19.7 Å². The Morgan fingerprint density at radius 3 is 2.21 bits per heavy atom. The van der Waals surface area contributed by atoms with Crippen LogP contribution in [0.4, 0.5) is 5.69 Å². The Kier molecular flexibility index (Phi) is 6.48. The molecule has 38 heavy (non-hydrogen) atoms. The Bertz CT molecular complexity index is 1530. The molecule has 0 unspecified atom stereocenters. The second-order valence-corrected chi connectivity index (χ2v) is 8.86. The molecule has 1 saturated heterocycles. The molecule has 4 amide bonds. The number of carbonyl (C=O) groups is 4. The van der Waals surface area contributed by atoms with E-state index in [1.54, 1.807) is 66.7 Å². The maximum Gasteiger partial charge on any atom is 0.270 e. The standard InChI is InChI=1S/C28H21N3O6S/c1-36-19-7-5-6-18(14-19)31-27(35)22(24(32)29-28(31)38)13-16-10-11-23(37-2)17(12-16)15-30-25(33)20-8-3-4-9-21(20)26(30)34/h3-14H,15H2,1-2H3,(H,29,32,38). The van der Waals surface area contributed by atoms with E-state index in [4.69, 9.17) is 21.7 Å². The van der Waals surface area contributed by atoms with E-state index in [0.29, 0.717) is 39.4 Å². The number of fused-ring (bicyclic) bond motifs is 1. The molecule has 10 heteroatoms. The number of carbonyl (C=O) groups excluding carboxylic acids is 4. The van der Waals surface area contributed by atoms with Crippen molar-refractivity contribution in [2.45, 2.75) is 6.54 Å². The van der Waals surface area contributed by atoms with Crippen molar-refractivity contribution in [2.75, 3.05) is 19.1 Å². The topological polar surface area (TPSA) is 105 Å². The number of anilines is 1. The highest BCUT2D eigenvalue weighted by atomic mass is 32.1. The molecule has 2 heterocycles. The molecule has 9 nitrogen and oxygen atoms in total. The molecule has 0 spiro atoms. The minimum absolute atomic E-state index is 0.0489. The van der Waals surface area contributed by atoms with E-state index in [2.05, 4.69) is 5.32 Å². The lowest BCUT2D eigenvalue weighted by Crippen LogP contribution is -2.54. The highest BCUT2D eigenvalue weighted by Gasteiger charge is 2.36. The monoisotopic (exact) mass is 527 g/mol. The Morgan fingerprint density at radius 2 is 1.55 bits per heavy atom. The first kappa shape index (κ1) is 24.8. The van der Waals surface area contributed by atoms with Crippen molar-refractivity contribution in [3.8, 4) is 11.5 Å². The number of benzene rings is 3. The van der Waals surface area contributed by atoms with Gasteiger partial charge in [-0.1, -0.05) is 24.3 Å². The molecule has 0 aromatic heterocycles. The molecule has 1 fully saturated rings. The fourth-order valence-electron chi connectivity index (χ4n) is 4.37. The third kappa shape index (κ3) is 4.31. The third-order valence-corrected chi connectivity index (χ3v) is 6.52. The summed E-state index contributed by atoms with van der Waals surface area (Å²) in [6, 6.07) is 18.3. The average molecular weight is 528 g/mol. The van der Waals surface area contributed by atoms with Crippen LogP contribution in [0.2, 0.25) is 0 Å². The zero-order valence-corrected chi connectivity index (χ0v) is 21.2. The zero-order chi connectivity index (χ0) is 27.0. The first-order chi connectivity index (χ1) is 18.3. The number of amides is 4. The largest absolute Gasteiger partial charge is 0.497 e. The van der Waals surface area contributed by atoms with Crippen molar-refractivity contribution in [3.63, 3.8) is 0 Å². The van der Waals surface area contributed by atoms with Crippen molar-refractivity contribution in [1.29, 1.82) is 0 Å². The van der Waals surface area contributed by atoms with Crippen LogP contribution in [-0.4, -0.2) is 47.9 Å². The van der Waals surface area contributed by atoms with E-state index in [0.717, 1.165) is 4.90 Å². The van der Waals surface area contributed by atoms with Gasteiger partial charge < -0.3 is 9.47 Å². The van der Waals surface area contributed by atoms with E-state index in [1.165, 1.54) is 25.2 Å². The highest BCUT2D eigenvalue weighted by molar-refractivity contribution is 7.80. The van der Waals surface area contributed by atoms with Crippen molar-refractivity contribution in [3.05, 3.63) is 94.6 Å². The summed E-state index contributed by atoms with van der Waals surface area (Å²) in [5.74, 6) is -1.08. The van der Waals surface area contributed by atoms with Crippen LogP contribution in [0.15, 0.2) is 72.3 Å². The number of hydrogen-bond donors (Lipinski definition) is 1. The number of methoxy groups -OCH3 is 2. The summed E-state index contributed by atoms with van der Waals surface area (Å²) in [6.45, 7) is -0.0489. The molecule has 3 aromatic rings. The van der Waals surface area contributed by atoms with E-state index >= 15 is 0 Å². The van der Waals surface area contributed by atoms with Gasteiger partial charge in [-0.15, -0.1) is 0 Å². The van der Waals surface area contributed by atoms with Gasteiger partial charge in [0.15, 0.2) is 5.11 Å². The van der Waals surface area contributed by atoms with Crippen LogP contribution in [0.25, 0.3) is 6.08 Å². The predicted octanol–water partition coefficient (Wildman–Crippen LogP) is 3.33. The Balaban J connectivity index is 1.48. The van der Waals surface area contributed by atoms with Gasteiger partial charge in [0.1, 0.15) is 17.1 Å². The number of ether oxygens (including phenoxy) is 2. The molecule has 2 aliphatic rings. The van der Waals surface area contributed by atoms with Gasteiger partial charge in [0.2, 0.25) is 0 Å². The van der Waals surface area contributed by atoms with Crippen molar-refractivity contribution in [2.24, 2.45) is 0 Å². The lowest BCUT2D eigenvalue weighted by Gasteiger charge is -2.29. The van der Waals surface area contributed by atoms with E-state index in [9.17, 15) is 19.2 Å². The van der Waals surface area contributed by atoms with Gasteiger partial charge in [0, 0.05) is 11.6 Å². The summed E-state index contributed by atoms with van der Waals surface area (Å²) in [5, 5.41) is 2.50. The van der Waals surface area contributed by atoms with E-state index < -0.39 is 23.6 Å². The summed E-state index contributed by atoms with van der Waals surface area (Å²) in [7, 11) is 2.98. The molecule has 0 bridgehead atoms. The Labute approximate surface area is 223 Å². The smallest absolute Gasteiger partial charge is 0.270 e. The molecule has 3 aromatic carbocycles. The van der Waals surface area contributed by atoms with Gasteiger partial charge in [0.05, 0.1) is 37.6 Å². The van der Waals surface area contributed by atoms with Gasteiger partial charge in [-0.25, -0.2) is 0 Å². The van der Waals surface area contributed by atoms with Crippen LogP contribution in [0.5, 0.6) is 11.5 Å². The van der Waals surface area contributed by atoms with E-state index in [-0.39, 0.29) is 17.2 Å². The lowest BCUT2D eigenvalue weighted by molar-refractivity contribution is -0.122. The maximum atomic E-state index is 13.4. The van der Waals surface area contributed by atoms with Crippen molar-refractivity contribution < 1.29 is 28.7 Å². The van der Waals surface area contributed by atoms with Crippen molar-refractivity contribution >= 4 is 52.7 Å². The zero-order valence-electron chi connectivity index (χ0n) is 20.4. The number of hydrogen-bond acceptors (Lipinski definition) is 7. The minimum Gasteiger partial charge on any atom is -0.497 e. The normalized spacial score (nSPS) is 16.2. The Morgan fingerprint density at radius 1 is 0.842 bits per heavy atom. The number of imide groups is 1. The molecule has 5 rings (SSSR count). The molecular weight excluding hydrogens is 506 g/mol. The molecule has 0 saturated carbocycles. The summed E-state index contributed by atoms with van der Waals surface area (Å²) in [4.78, 5) is 54.3. The second kappa shape index (κ2) is 9.91. The first-order valence-corrected chi connectivity index (χ1v) is 11.9. The van der Waals surface area contributed by atoms with E-state index in [1.807, 2.05) is 0 Å². The number of thiocarbonyl (C=S) groups is 1. The molecule has 0 atom stereocenters. The molecule has 1 N–H and O–H groups in total. The Hall–Kier alpha value is -4.83. The third-order valence-electron chi connectivity index (χ3n) is 6.24. The summed E-state index contributed by atoms with van der Waals surface area (Å²) >= 11 is 5.27. The van der Waals surface area contributed by atoms with Crippen molar-refractivity contribution in [1.82, 2.24) is 10.2 Å². The minimum atomic E-state index is -0.642. The average Bonchev–Trinajstić information content (AvgIpc) is 3.16. The summed E-state index contributed by atoms with van der Waals surface area (Å²) in [5.41, 5.74) is 2.00. The fraction of sp³-hybridized carbons (Fsp3) is 0.107. The van der Waals surface area contributed by atoms with Gasteiger partial charge in [-0.3, -0.25) is 34.3 Å². The molecule has 0 radical (unpaired) electrons. The van der Waals surface area contributed by atoms with Crippen LogP contribution in [0.1, 0.15) is 31.8 Å². The van der Waals surface area contributed by atoms with Gasteiger partial charge in [-0.2, -0.15) is 0 Å². The van der Waals surface area contributed by atoms with Crippen LogP contribution in [0.3, 0.4) is 0 Å². The second-order valence-electron chi connectivity index (χ2n) is 8.47. The summed E-state index contributed by atoms with van der Waals surface area (Å²) in [6.07, 6.45) is 1.43. The molecule has 0 aliphatic carbocycles. The highest BCUT2D eigenvalue weighted by Crippen LogP contribution is 2.30. The number of nitrogens with zero attached hydrogens (tertiary/aromatic N) is 2. The maximum absolute atomic E-state index is 13.4. The van der Waals surface area contributed by atoms with Gasteiger partial charge in [0.25, 0.3) is 23.6 Å². The predicted molar refractivity (Wildman–Crippen MR) is 143 cm³/mol. The number of rotatable bonds is 6. The van der Waals surface area contributed by atoms with Crippen LogP contribution in [0, 0.1) is 0 Å². The first-order valence-electron chi connectivity index (χ1n) is 11.5. The summed E-state index contributed by atoms with van der Waals surface area (Å²) < 4.78 is 10.7. The van der Waals surface area contributed by atoms with Crippen LogP contribution in [-0.2, 0) is 16.1 Å². The lowest BCUT2D eigenvalue weighted by atomic mass is 10.0. The van der Waals surface area contributed by atoms with Crippen LogP contribution >= 0.6 is 12.2 Å².